The highest BCUT2D eigenvalue weighted by atomic mass is 35.5. The molecule has 0 aliphatic heterocycles. The van der Waals surface area contributed by atoms with Crippen molar-refractivity contribution >= 4 is 11.6 Å². The minimum Gasteiger partial charge on any atom is -0.472 e. The van der Waals surface area contributed by atoms with Gasteiger partial charge in [0, 0.05) is 5.02 Å². The lowest BCUT2D eigenvalue weighted by Gasteiger charge is -2.10. The summed E-state index contributed by atoms with van der Waals surface area (Å²) in [5, 5.41) is 9.36. The van der Waals surface area contributed by atoms with Gasteiger partial charge in [-0.2, -0.15) is 18.4 Å². The summed E-state index contributed by atoms with van der Waals surface area (Å²) < 4.78 is 43.0. The Hall–Kier alpha value is -2.26. The van der Waals surface area contributed by atoms with E-state index in [9.17, 15) is 13.2 Å². The molecule has 1 aromatic heterocycles. The Morgan fingerprint density at radius 1 is 1.24 bits per heavy atom. The highest BCUT2D eigenvalue weighted by Crippen LogP contribution is 2.30. The molecule has 0 unspecified atom stereocenters. The van der Waals surface area contributed by atoms with Gasteiger partial charge in [0.1, 0.15) is 23.9 Å². The van der Waals surface area contributed by atoms with Crippen molar-refractivity contribution in [2.75, 3.05) is 0 Å². The number of nitriles is 1. The van der Waals surface area contributed by atoms with E-state index < -0.39 is 11.9 Å². The van der Waals surface area contributed by atoms with Crippen molar-refractivity contribution in [1.82, 2.24) is 4.98 Å². The fourth-order valence-electron chi connectivity index (χ4n) is 1.57. The van der Waals surface area contributed by atoms with Crippen LogP contribution >= 0.6 is 11.6 Å². The second kappa shape index (κ2) is 6.02. The van der Waals surface area contributed by atoms with Gasteiger partial charge in [-0.05, 0) is 29.8 Å². The maximum atomic E-state index is 12.6. The van der Waals surface area contributed by atoms with Gasteiger partial charge in [-0.3, -0.25) is 0 Å². The molecule has 0 radical (unpaired) electrons. The molecule has 0 saturated heterocycles. The van der Waals surface area contributed by atoms with Gasteiger partial charge in [0.05, 0.1) is 0 Å². The summed E-state index contributed by atoms with van der Waals surface area (Å²) in [6.45, 7) is -0.0381. The van der Waals surface area contributed by atoms with E-state index in [2.05, 4.69) is 4.98 Å². The highest BCUT2D eigenvalue weighted by Gasteiger charge is 2.33. The summed E-state index contributed by atoms with van der Waals surface area (Å²) >= 11 is 5.80. The summed E-state index contributed by atoms with van der Waals surface area (Å²) in [6.07, 6.45) is -4.60. The summed E-state index contributed by atoms with van der Waals surface area (Å²) in [5.74, 6) is -0.354. The molecule has 1 aromatic carbocycles. The summed E-state index contributed by atoms with van der Waals surface area (Å²) in [5.41, 5.74) is -0.516. The SMILES string of the molecule is N#Cc1ccc(C(F)(F)F)nc1OCc1cccc(Cl)c1. The van der Waals surface area contributed by atoms with Crippen molar-refractivity contribution in [3.05, 3.63) is 58.2 Å². The molecule has 7 heteroatoms. The lowest BCUT2D eigenvalue weighted by atomic mass is 10.2. The average molecular weight is 313 g/mol. The molecule has 3 nitrogen and oxygen atoms in total. The van der Waals surface area contributed by atoms with E-state index >= 15 is 0 Å². The van der Waals surface area contributed by atoms with Gasteiger partial charge in [0.25, 0.3) is 0 Å². The lowest BCUT2D eigenvalue weighted by molar-refractivity contribution is -0.141. The Balaban J connectivity index is 2.24. The number of ether oxygens (including phenoxy) is 1. The van der Waals surface area contributed by atoms with Gasteiger partial charge in [-0.1, -0.05) is 23.7 Å². The van der Waals surface area contributed by atoms with Crippen LogP contribution in [0, 0.1) is 11.3 Å². The van der Waals surface area contributed by atoms with Crippen LogP contribution in [-0.2, 0) is 12.8 Å². The van der Waals surface area contributed by atoms with Crippen molar-refractivity contribution in [2.45, 2.75) is 12.8 Å². The Labute approximate surface area is 123 Å². The highest BCUT2D eigenvalue weighted by molar-refractivity contribution is 6.30. The molecule has 0 aliphatic rings. The zero-order valence-corrected chi connectivity index (χ0v) is 11.2. The van der Waals surface area contributed by atoms with E-state index in [1.807, 2.05) is 0 Å². The first kappa shape index (κ1) is 15.1. The van der Waals surface area contributed by atoms with Crippen LogP contribution in [0.15, 0.2) is 36.4 Å². The number of pyridine rings is 1. The van der Waals surface area contributed by atoms with Crippen LogP contribution in [-0.4, -0.2) is 4.98 Å². The van der Waals surface area contributed by atoms with Crippen molar-refractivity contribution in [1.29, 1.82) is 5.26 Å². The van der Waals surface area contributed by atoms with Crippen molar-refractivity contribution in [3.63, 3.8) is 0 Å². The molecule has 0 aliphatic carbocycles. The molecule has 0 saturated carbocycles. The molecule has 1 heterocycles. The number of halogens is 4. The number of hydrogen-bond donors (Lipinski definition) is 0. The third-order valence-electron chi connectivity index (χ3n) is 2.54. The molecule has 0 bridgehead atoms. The van der Waals surface area contributed by atoms with Crippen LogP contribution in [0.4, 0.5) is 13.2 Å². The number of rotatable bonds is 3. The Morgan fingerprint density at radius 3 is 2.62 bits per heavy atom. The van der Waals surface area contributed by atoms with Gasteiger partial charge in [-0.15, -0.1) is 0 Å². The van der Waals surface area contributed by atoms with E-state index in [0.717, 1.165) is 12.1 Å². The predicted molar refractivity (Wildman–Crippen MR) is 69.7 cm³/mol. The first-order valence-electron chi connectivity index (χ1n) is 5.76. The normalized spacial score (nSPS) is 11.0. The van der Waals surface area contributed by atoms with Crippen LogP contribution in [0.2, 0.25) is 5.02 Å². The molecule has 0 fully saturated rings. The molecule has 0 amide bonds. The van der Waals surface area contributed by atoms with Crippen molar-refractivity contribution in [2.24, 2.45) is 0 Å². The molecule has 0 N–H and O–H groups in total. The monoisotopic (exact) mass is 312 g/mol. The van der Waals surface area contributed by atoms with Crippen molar-refractivity contribution < 1.29 is 17.9 Å². The Morgan fingerprint density at radius 2 is 2.00 bits per heavy atom. The summed E-state index contributed by atoms with van der Waals surface area (Å²) in [4.78, 5) is 3.35. The van der Waals surface area contributed by atoms with Crippen LogP contribution in [0.1, 0.15) is 16.8 Å². The van der Waals surface area contributed by atoms with Gasteiger partial charge in [0.15, 0.2) is 0 Å². The van der Waals surface area contributed by atoms with Gasteiger partial charge < -0.3 is 4.74 Å². The first-order valence-corrected chi connectivity index (χ1v) is 6.13. The first-order chi connectivity index (χ1) is 9.90. The molecule has 0 atom stereocenters. The third kappa shape index (κ3) is 3.86. The minimum atomic E-state index is -4.60. The predicted octanol–water partition coefficient (Wildman–Crippen LogP) is 4.20. The zero-order chi connectivity index (χ0) is 15.5. The van der Waals surface area contributed by atoms with Crippen molar-refractivity contribution in [3.8, 4) is 11.9 Å². The van der Waals surface area contributed by atoms with E-state index in [1.54, 1.807) is 30.3 Å². The molecule has 21 heavy (non-hydrogen) atoms. The number of benzene rings is 1. The average Bonchev–Trinajstić information content (AvgIpc) is 2.44. The van der Waals surface area contributed by atoms with Crippen LogP contribution in [0.3, 0.4) is 0 Å². The Kier molecular flexibility index (Phi) is 4.34. The van der Waals surface area contributed by atoms with Crippen LogP contribution < -0.4 is 4.74 Å². The van der Waals surface area contributed by atoms with Gasteiger partial charge >= 0.3 is 6.18 Å². The number of nitrogens with zero attached hydrogens (tertiary/aromatic N) is 2. The van der Waals surface area contributed by atoms with Crippen LogP contribution in [0.5, 0.6) is 5.88 Å². The smallest absolute Gasteiger partial charge is 0.433 e. The zero-order valence-electron chi connectivity index (χ0n) is 10.5. The molecule has 2 aromatic rings. The number of alkyl halides is 3. The lowest BCUT2D eigenvalue weighted by Crippen LogP contribution is -2.10. The van der Waals surface area contributed by atoms with E-state index in [1.165, 1.54) is 0 Å². The second-order valence-electron chi connectivity index (χ2n) is 4.08. The summed E-state index contributed by atoms with van der Waals surface area (Å²) in [7, 11) is 0. The number of aromatic nitrogens is 1. The van der Waals surface area contributed by atoms with Gasteiger partial charge in [-0.25, -0.2) is 4.98 Å². The molecule has 2 rings (SSSR count). The Bertz CT molecular complexity index is 695. The summed E-state index contributed by atoms with van der Waals surface area (Å²) in [6, 6.07) is 10.2. The molecular formula is C14H8ClF3N2O. The standard InChI is InChI=1S/C14H8ClF3N2O/c15-11-3-1-2-9(6-11)8-21-13-10(7-19)4-5-12(20-13)14(16,17)18/h1-6H,8H2. The largest absolute Gasteiger partial charge is 0.472 e. The van der Waals surface area contributed by atoms with E-state index in [0.29, 0.717) is 10.6 Å². The number of hydrogen-bond acceptors (Lipinski definition) is 3. The maximum Gasteiger partial charge on any atom is 0.433 e. The molecular weight excluding hydrogens is 305 g/mol. The van der Waals surface area contributed by atoms with Gasteiger partial charge in [0.2, 0.25) is 5.88 Å². The van der Waals surface area contributed by atoms with E-state index in [-0.39, 0.29) is 18.1 Å². The molecule has 0 spiro atoms. The third-order valence-corrected chi connectivity index (χ3v) is 2.77. The quantitative estimate of drug-likeness (QED) is 0.853. The van der Waals surface area contributed by atoms with E-state index in [4.69, 9.17) is 21.6 Å². The second-order valence-corrected chi connectivity index (χ2v) is 4.51. The fourth-order valence-corrected chi connectivity index (χ4v) is 1.78. The molecule has 108 valence electrons. The maximum absolute atomic E-state index is 12.6. The fraction of sp³-hybridized carbons (Fsp3) is 0.143. The van der Waals surface area contributed by atoms with Crippen LogP contribution in [0.25, 0.3) is 0 Å². The minimum absolute atomic E-state index is 0.0381. The topological polar surface area (TPSA) is 45.9 Å².